The van der Waals surface area contributed by atoms with Gasteiger partial charge in [-0.25, -0.2) is 0 Å². The fraction of sp³-hybridized carbons (Fsp3) is 0.318. The van der Waals surface area contributed by atoms with E-state index in [-0.39, 0.29) is 11.9 Å². The maximum atomic E-state index is 12.9. The smallest absolute Gasteiger partial charge is 0.251 e. The number of halogens is 1. The molecule has 2 aromatic carbocycles. The second kappa shape index (κ2) is 7.99. The highest BCUT2D eigenvalue weighted by Gasteiger charge is 2.25. The van der Waals surface area contributed by atoms with E-state index in [9.17, 15) is 4.79 Å². The van der Waals surface area contributed by atoms with E-state index in [1.165, 1.54) is 30.9 Å². The lowest BCUT2D eigenvalue weighted by Crippen LogP contribution is -2.38. The Hall–Kier alpha value is -2.67. The molecule has 3 aromatic rings. The van der Waals surface area contributed by atoms with Crippen LogP contribution in [0.2, 0.25) is 0 Å². The van der Waals surface area contributed by atoms with Crippen molar-refractivity contribution in [3.63, 3.8) is 0 Å². The number of benzene rings is 2. The standard InChI is InChI=1S/C22H23BrN2O4/c1-27-19-8-12(9-20(28-2)21(19)29-3)22(26)24-14-5-7-18-16(11-14)15-10-13(23)4-6-17(15)25-18/h4,6,8-10,14,25H,5,7,11H2,1-3H3,(H,24,26). The molecule has 0 radical (unpaired) electrons. The average molecular weight is 459 g/mol. The van der Waals surface area contributed by atoms with Crippen LogP contribution >= 0.6 is 15.9 Å². The number of carbonyl (C=O) groups excluding carboxylic acids is 1. The number of hydrogen-bond acceptors (Lipinski definition) is 4. The highest BCUT2D eigenvalue weighted by molar-refractivity contribution is 9.10. The molecule has 0 spiro atoms. The van der Waals surface area contributed by atoms with Crippen molar-refractivity contribution in [2.45, 2.75) is 25.3 Å². The first kappa shape index (κ1) is 19.6. The van der Waals surface area contributed by atoms with Crippen molar-refractivity contribution in [1.29, 1.82) is 0 Å². The lowest BCUT2D eigenvalue weighted by molar-refractivity contribution is 0.0933. The molecule has 0 saturated carbocycles. The number of nitrogens with one attached hydrogen (secondary N) is 2. The van der Waals surface area contributed by atoms with Gasteiger partial charge in [-0.15, -0.1) is 0 Å². The van der Waals surface area contributed by atoms with E-state index in [1.807, 2.05) is 6.07 Å². The Bertz CT molecular complexity index is 1050. The Morgan fingerprint density at radius 3 is 2.48 bits per heavy atom. The van der Waals surface area contributed by atoms with Crippen LogP contribution < -0.4 is 19.5 Å². The van der Waals surface area contributed by atoms with Gasteiger partial charge in [-0.3, -0.25) is 4.79 Å². The summed E-state index contributed by atoms with van der Waals surface area (Å²) in [6.45, 7) is 0. The molecule has 29 heavy (non-hydrogen) atoms. The summed E-state index contributed by atoms with van der Waals surface area (Å²) >= 11 is 3.55. The number of amides is 1. The first-order valence-corrected chi connectivity index (χ1v) is 10.2. The van der Waals surface area contributed by atoms with E-state index in [2.05, 4.69) is 38.4 Å². The third kappa shape index (κ3) is 3.67. The van der Waals surface area contributed by atoms with E-state index in [0.29, 0.717) is 22.8 Å². The van der Waals surface area contributed by atoms with Gasteiger partial charge in [0.1, 0.15) is 0 Å². The van der Waals surface area contributed by atoms with Crippen LogP contribution in [0.4, 0.5) is 0 Å². The van der Waals surface area contributed by atoms with Crippen molar-refractivity contribution in [2.75, 3.05) is 21.3 Å². The quantitative estimate of drug-likeness (QED) is 0.599. The minimum absolute atomic E-state index is 0.0621. The molecular weight excluding hydrogens is 436 g/mol. The monoisotopic (exact) mass is 458 g/mol. The van der Waals surface area contributed by atoms with Crippen molar-refractivity contribution in [2.24, 2.45) is 0 Å². The fourth-order valence-electron chi connectivity index (χ4n) is 3.99. The van der Waals surface area contributed by atoms with Gasteiger partial charge in [0, 0.05) is 32.7 Å². The number of carbonyl (C=O) groups is 1. The highest BCUT2D eigenvalue weighted by Crippen LogP contribution is 2.38. The minimum Gasteiger partial charge on any atom is -0.493 e. The average Bonchev–Trinajstić information content (AvgIpc) is 3.09. The molecule has 1 atom stereocenters. The van der Waals surface area contributed by atoms with Gasteiger partial charge in [-0.05, 0) is 55.2 Å². The van der Waals surface area contributed by atoms with Gasteiger partial charge < -0.3 is 24.5 Å². The molecule has 1 amide bonds. The molecule has 0 saturated heterocycles. The number of H-pyrrole nitrogens is 1. The molecule has 1 aliphatic carbocycles. The van der Waals surface area contributed by atoms with Crippen molar-refractivity contribution in [3.8, 4) is 17.2 Å². The Balaban J connectivity index is 1.57. The summed E-state index contributed by atoms with van der Waals surface area (Å²) in [6, 6.07) is 9.66. The molecule has 0 aliphatic heterocycles. The molecule has 2 N–H and O–H groups in total. The van der Waals surface area contributed by atoms with Crippen molar-refractivity contribution >= 4 is 32.7 Å². The Labute approximate surface area is 177 Å². The number of aromatic amines is 1. The van der Waals surface area contributed by atoms with Crippen LogP contribution in [-0.4, -0.2) is 38.3 Å². The number of methoxy groups -OCH3 is 3. The topological polar surface area (TPSA) is 72.6 Å². The van der Waals surface area contributed by atoms with Crippen LogP contribution in [0.15, 0.2) is 34.8 Å². The van der Waals surface area contributed by atoms with Crippen LogP contribution in [0.3, 0.4) is 0 Å². The molecule has 4 rings (SSSR count). The summed E-state index contributed by atoms with van der Waals surface area (Å²) in [7, 11) is 4.62. The molecular formula is C22H23BrN2O4. The molecule has 7 heteroatoms. The summed E-state index contributed by atoms with van der Waals surface area (Å²) < 4.78 is 17.1. The van der Waals surface area contributed by atoms with Crippen LogP contribution in [0.1, 0.15) is 28.0 Å². The van der Waals surface area contributed by atoms with Crippen LogP contribution in [0, 0.1) is 0 Å². The van der Waals surface area contributed by atoms with Gasteiger partial charge in [0.25, 0.3) is 5.91 Å². The molecule has 1 aliphatic rings. The number of rotatable bonds is 5. The minimum atomic E-state index is -0.154. The number of fused-ring (bicyclic) bond motifs is 3. The van der Waals surface area contributed by atoms with E-state index < -0.39 is 0 Å². The second-order valence-corrected chi connectivity index (χ2v) is 8.01. The predicted molar refractivity (Wildman–Crippen MR) is 115 cm³/mol. The van der Waals surface area contributed by atoms with Gasteiger partial charge in [0.05, 0.1) is 21.3 Å². The van der Waals surface area contributed by atoms with Crippen molar-refractivity contribution in [3.05, 3.63) is 51.6 Å². The lowest BCUT2D eigenvalue weighted by Gasteiger charge is -2.24. The van der Waals surface area contributed by atoms with Crippen molar-refractivity contribution < 1.29 is 19.0 Å². The molecule has 0 bridgehead atoms. The molecule has 152 valence electrons. The Morgan fingerprint density at radius 2 is 1.83 bits per heavy atom. The fourth-order valence-corrected chi connectivity index (χ4v) is 4.35. The number of aryl methyl sites for hydroxylation is 1. The first-order valence-electron chi connectivity index (χ1n) is 9.44. The van der Waals surface area contributed by atoms with Gasteiger partial charge in [-0.2, -0.15) is 0 Å². The highest BCUT2D eigenvalue weighted by atomic mass is 79.9. The van der Waals surface area contributed by atoms with E-state index >= 15 is 0 Å². The third-order valence-electron chi connectivity index (χ3n) is 5.41. The summed E-state index contributed by atoms with van der Waals surface area (Å²) in [5, 5.41) is 4.38. The van der Waals surface area contributed by atoms with Crippen LogP contribution in [-0.2, 0) is 12.8 Å². The number of aromatic nitrogens is 1. The zero-order valence-corrected chi connectivity index (χ0v) is 18.2. The summed E-state index contributed by atoms with van der Waals surface area (Å²) in [5.74, 6) is 1.24. The van der Waals surface area contributed by atoms with Crippen LogP contribution in [0.5, 0.6) is 17.2 Å². The van der Waals surface area contributed by atoms with Gasteiger partial charge >= 0.3 is 0 Å². The molecule has 1 aromatic heterocycles. The first-order chi connectivity index (χ1) is 14.0. The Morgan fingerprint density at radius 1 is 1.10 bits per heavy atom. The summed E-state index contributed by atoms with van der Waals surface area (Å²) in [6.07, 6.45) is 2.58. The van der Waals surface area contributed by atoms with Gasteiger partial charge in [-0.1, -0.05) is 15.9 Å². The number of ether oxygens (including phenoxy) is 3. The van der Waals surface area contributed by atoms with Crippen molar-refractivity contribution in [1.82, 2.24) is 10.3 Å². The maximum absolute atomic E-state index is 12.9. The van der Waals surface area contributed by atoms with E-state index in [1.54, 1.807) is 19.2 Å². The summed E-state index contributed by atoms with van der Waals surface area (Å²) in [4.78, 5) is 16.4. The molecule has 0 fully saturated rings. The zero-order valence-electron chi connectivity index (χ0n) is 16.6. The Kier molecular flexibility index (Phi) is 5.41. The zero-order chi connectivity index (χ0) is 20.5. The largest absolute Gasteiger partial charge is 0.493 e. The third-order valence-corrected chi connectivity index (χ3v) is 5.91. The van der Waals surface area contributed by atoms with E-state index in [0.717, 1.165) is 29.3 Å². The molecule has 6 nitrogen and oxygen atoms in total. The molecule has 1 unspecified atom stereocenters. The van der Waals surface area contributed by atoms with Gasteiger partial charge in [0.15, 0.2) is 11.5 Å². The lowest BCUT2D eigenvalue weighted by atomic mass is 9.91. The molecule has 1 heterocycles. The SMILES string of the molecule is COc1cc(C(=O)NC2CCc3[nH]c4ccc(Br)cc4c3C2)cc(OC)c1OC. The van der Waals surface area contributed by atoms with E-state index in [4.69, 9.17) is 14.2 Å². The number of hydrogen-bond donors (Lipinski definition) is 2. The maximum Gasteiger partial charge on any atom is 0.251 e. The normalized spacial score (nSPS) is 15.7. The summed E-state index contributed by atoms with van der Waals surface area (Å²) in [5.41, 5.74) is 4.15. The van der Waals surface area contributed by atoms with Crippen LogP contribution in [0.25, 0.3) is 10.9 Å². The predicted octanol–water partition coefficient (Wildman–Crippen LogP) is 4.24. The second-order valence-electron chi connectivity index (χ2n) is 7.10. The van der Waals surface area contributed by atoms with Gasteiger partial charge in [0.2, 0.25) is 5.75 Å².